The SMILES string of the molecule is COCCN(C)C(=O)C1NCCCC1C. The van der Waals surface area contributed by atoms with Gasteiger partial charge < -0.3 is 15.0 Å². The predicted octanol–water partition coefficient (Wildman–Crippen LogP) is 0.479. The van der Waals surface area contributed by atoms with E-state index >= 15 is 0 Å². The molecule has 1 aliphatic rings. The standard InChI is InChI=1S/C11H22N2O2/c1-9-5-4-6-12-10(9)11(14)13(2)7-8-15-3/h9-10,12H,4-8H2,1-3H3. The zero-order valence-corrected chi connectivity index (χ0v) is 9.95. The smallest absolute Gasteiger partial charge is 0.239 e. The van der Waals surface area contributed by atoms with Gasteiger partial charge in [0.1, 0.15) is 0 Å². The summed E-state index contributed by atoms with van der Waals surface area (Å²) in [5.41, 5.74) is 0. The molecule has 15 heavy (non-hydrogen) atoms. The molecule has 1 saturated heterocycles. The van der Waals surface area contributed by atoms with Crippen molar-refractivity contribution in [2.45, 2.75) is 25.8 Å². The molecule has 0 aliphatic carbocycles. The summed E-state index contributed by atoms with van der Waals surface area (Å²) in [7, 11) is 3.49. The van der Waals surface area contributed by atoms with Gasteiger partial charge in [0, 0.05) is 20.7 Å². The highest BCUT2D eigenvalue weighted by Gasteiger charge is 2.29. The summed E-state index contributed by atoms with van der Waals surface area (Å²) in [5.74, 6) is 0.635. The highest BCUT2D eigenvalue weighted by Crippen LogP contribution is 2.16. The van der Waals surface area contributed by atoms with Crippen molar-refractivity contribution < 1.29 is 9.53 Å². The molecule has 0 aromatic carbocycles. The van der Waals surface area contributed by atoms with Crippen molar-refractivity contribution in [3.8, 4) is 0 Å². The molecule has 2 unspecified atom stereocenters. The first-order valence-corrected chi connectivity index (χ1v) is 5.64. The Morgan fingerprint density at radius 2 is 2.33 bits per heavy atom. The first-order chi connectivity index (χ1) is 7.16. The number of piperidine rings is 1. The minimum Gasteiger partial charge on any atom is -0.383 e. The molecule has 4 nitrogen and oxygen atoms in total. The van der Waals surface area contributed by atoms with Crippen molar-refractivity contribution in [2.24, 2.45) is 5.92 Å². The summed E-state index contributed by atoms with van der Waals surface area (Å²) in [6, 6.07) is 0.000561. The number of likely N-dealkylation sites (N-methyl/N-ethyl adjacent to an activating group) is 1. The summed E-state index contributed by atoms with van der Waals surface area (Å²) in [6.45, 7) is 4.36. The van der Waals surface area contributed by atoms with E-state index in [0.29, 0.717) is 19.1 Å². The second kappa shape index (κ2) is 6.08. The molecular formula is C11H22N2O2. The molecule has 1 aliphatic heterocycles. The Morgan fingerprint density at radius 1 is 1.60 bits per heavy atom. The second-order valence-corrected chi connectivity index (χ2v) is 4.30. The highest BCUT2D eigenvalue weighted by atomic mass is 16.5. The number of carbonyl (C=O) groups is 1. The van der Waals surface area contributed by atoms with Crippen LogP contribution in [-0.4, -0.2) is 50.7 Å². The zero-order chi connectivity index (χ0) is 11.3. The van der Waals surface area contributed by atoms with Crippen LogP contribution in [0.1, 0.15) is 19.8 Å². The highest BCUT2D eigenvalue weighted by molar-refractivity contribution is 5.82. The number of rotatable bonds is 4. The van der Waals surface area contributed by atoms with Crippen molar-refractivity contribution in [3.05, 3.63) is 0 Å². The van der Waals surface area contributed by atoms with Crippen LogP contribution in [0.2, 0.25) is 0 Å². The number of nitrogens with one attached hydrogen (secondary N) is 1. The fraction of sp³-hybridized carbons (Fsp3) is 0.909. The van der Waals surface area contributed by atoms with Gasteiger partial charge in [0.15, 0.2) is 0 Å². The van der Waals surface area contributed by atoms with E-state index in [1.165, 1.54) is 6.42 Å². The summed E-state index contributed by atoms with van der Waals surface area (Å²) < 4.78 is 4.96. The molecule has 0 spiro atoms. The second-order valence-electron chi connectivity index (χ2n) is 4.30. The summed E-state index contributed by atoms with van der Waals surface area (Å²) >= 11 is 0. The first-order valence-electron chi connectivity index (χ1n) is 5.64. The third-order valence-corrected chi connectivity index (χ3v) is 3.04. The Kier molecular flexibility index (Phi) is 5.05. The average molecular weight is 214 g/mol. The topological polar surface area (TPSA) is 41.6 Å². The van der Waals surface area contributed by atoms with Gasteiger partial charge in [-0.1, -0.05) is 6.92 Å². The molecule has 1 fully saturated rings. The van der Waals surface area contributed by atoms with Gasteiger partial charge in [-0.2, -0.15) is 0 Å². The van der Waals surface area contributed by atoms with E-state index in [1.54, 1.807) is 12.0 Å². The van der Waals surface area contributed by atoms with Gasteiger partial charge in [0.2, 0.25) is 5.91 Å². The molecule has 0 aromatic heterocycles. The molecule has 1 amide bonds. The number of nitrogens with zero attached hydrogens (tertiary/aromatic N) is 1. The van der Waals surface area contributed by atoms with Gasteiger partial charge in [-0.05, 0) is 25.3 Å². The Bertz CT molecular complexity index is 209. The average Bonchev–Trinajstić information content (AvgIpc) is 2.25. The number of hydrogen-bond acceptors (Lipinski definition) is 3. The van der Waals surface area contributed by atoms with Gasteiger partial charge in [0.25, 0.3) is 0 Å². The van der Waals surface area contributed by atoms with Gasteiger partial charge >= 0.3 is 0 Å². The largest absolute Gasteiger partial charge is 0.383 e. The molecule has 1 rings (SSSR count). The Morgan fingerprint density at radius 3 is 2.93 bits per heavy atom. The Balaban J connectivity index is 2.43. The van der Waals surface area contributed by atoms with E-state index < -0.39 is 0 Å². The van der Waals surface area contributed by atoms with E-state index in [1.807, 2.05) is 7.05 Å². The van der Waals surface area contributed by atoms with E-state index in [-0.39, 0.29) is 11.9 Å². The maximum atomic E-state index is 12.0. The number of ether oxygens (including phenoxy) is 1. The van der Waals surface area contributed by atoms with Crippen LogP contribution in [0.15, 0.2) is 0 Å². The van der Waals surface area contributed by atoms with Crippen molar-refractivity contribution in [1.29, 1.82) is 0 Å². The third-order valence-electron chi connectivity index (χ3n) is 3.04. The van der Waals surface area contributed by atoms with Crippen molar-refractivity contribution in [1.82, 2.24) is 10.2 Å². The third kappa shape index (κ3) is 3.47. The molecule has 0 radical (unpaired) electrons. The molecular weight excluding hydrogens is 192 g/mol. The lowest BCUT2D eigenvalue weighted by Crippen LogP contribution is -2.51. The number of methoxy groups -OCH3 is 1. The van der Waals surface area contributed by atoms with E-state index in [2.05, 4.69) is 12.2 Å². The Labute approximate surface area is 92.0 Å². The molecule has 0 aromatic rings. The predicted molar refractivity (Wildman–Crippen MR) is 59.7 cm³/mol. The number of amides is 1. The van der Waals surface area contributed by atoms with Crippen LogP contribution in [-0.2, 0) is 9.53 Å². The minimum absolute atomic E-state index is 0.000561. The van der Waals surface area contributed by atoms with Crippen LogP contribution in [0.25, 0.3) is 0 Å². The first kappa shape index (κ1) is 12.5. The van der Waals surface area contributed by atoms with Gasteiger partial charge in [0.05, 0.1) is 12.6 Å². The van der Waals surface area contributed by atoms with E-state index in [9.17, 15) is 4.79 Å². The molecule has 0 bridgehead atoms. The summed E-state index contributed by atoms with van der Waals surface area (Å²) in [6.07, 6.45) is 2.31. The zero-order valence-electron chi connectivity index (χ0n) is 9.95. The maximum Gasteiger partial charge on any atom is 0.239 e. The van der Waals surface area contributed by atoms with E-state index in [4.69, 9.17) is 4.74 Å². The fourth-order valence-corrected chi connectivity index (χ4v) is 1.96. The van der Waals surface area contributed by atoms with Crippen LogP contribution in [0.3, 0.4) is 0 Å². The fourth-order valence-electron chi connectivity index (χ4n) is 1.96. The van der Waals surface area contributed by atoms with Crippen LogP contribution < -0.4 is 5.32 Å². The lowest BCUT2D eigenvalue weighted by Gasteiger charge is -2.32. The maximum absolute atomic E-state index is 12.0. The van der Waals surface area contributed by atoms with E-state index in [0.717, 1.165) is 13.0 Å². The van der Waals surface area contributed by atoms with Crippen molar-refractivity contribution in [3.63, 3.8) is 0 Å². The van der Waals surface area contributed by atoms with Gasteiger partial charge in [-0.15, -0.1) is 0 Å². The van der Waals surface area contributed by atoms with Crippen LogP contribution in [0, 0.1) is 5.92 Å². The van der Waals surface area contributed by atoms with Crippen LogP contribution >= 0.6 is 0 Å². The quantitative estimate of drug-likeness (QED) is 0.740. The van der Waals surface area contributed by atoms with Crippen LogP contribution in [0.4, 0.5) is 0 Å². The molecule has 0 saturated carbocycles. The summed E-state index contributed by atoms with van der Waals surface area (Å²) in [4.78, 5) is 13.8. The molecule has 1 heterocycles. The number of carbonyl (C=O) groups excluding carboxylic acids is 1. The lowest BCUT2D eigenvalue weighted by atomic mass is 9.92. The van der Waals surface area contributed by atoms with Gasteiger partial charge in [-0.3, -0.25) is 4.79 Å². The Hall–Kier alpha value is -0.610. The van der Waals surface area contributed by atoms with Crippen LogP contribution in [0.5, 0.6) is 0 Å². The van der Waals surface area contributed by atoms with Crippen molar-refractivity contribution >= 4 is 5.91 Å². The lowest BCUT2D eigenvalue weighted by molar-refractivity contribution is -0.134. The normalized spacial score (nSPS) is 26.3. The van der Waals surface area contributed by atoms with Gasteiger partial charge in [-0.25, -0.2) is 0 Å². The molecule has 88 valence electrons. The molecule has 2 atom stereocenters. The van der Waals surface area contributed by atoms with Crippen molar-refractivity contribution in [2.75, 3.05) is 33.9 Å². The minimum atomic E-state index is 0.000561. The molecule has 4 heteroatoms. The number of hydrogen-bond donors (Lipinski definition) is 1. The monoisotopic (exact) mass is 214 g/mol. The molecule has 1 N–H and O–H groups in total. The summed E-state index contributed by atoms with van der Waals surface area (Å²) in [5, 5.41) is 3.29.